The number of carbonyl (C=O) groups excluding carboxylic acids is 2. The summed E-state index contributed by atoms with van der Waals surface area (Å²) in [5.41, 5.74) is 1.33. The van der Waals surface area contributed by atoms with Crippen LogP contribution in [0, 0.1) is 23.6 Å². The summed E-state index contributed by atoms with van der Waals surface area (Å²) in [6, 6.07) is 10.5. The molecule has 0 unspecified atom stereocenters. The predicted molar refractivity (Wildman–Crippen MR) is 127 cm³/mol. The highest BCUT2D eigenvalue weighted by atomic mass is 35.5. The zero-order chi connectivity index (χ0) is 24.1. The molecule has 1 N–H and O–H groups in total. The fourth-order valence-corrected chi connectivity index (χ4v) is 4.06. The largest absolute Gasteiger partial charge is 0.343 e. The van der Waals surface area contributed by atoms with Crippen LogP contribution in [-0.4, -0.2) is 44.6 Å². The van der Waals surface area contributed by atoms with Crippen LogP contribution in [0.2, 0.25) is 5.02 Å². The van der Waals surface area contributed by atoms with Gasteiger partial charge in [-0.15, -0.1) is 0 Å². The van der Waals surface area contributed by atoms with Gasteiger partial charge in [-0.25, -0.2) is 9.37 Å². The van der Waals surface area contributed by atoms with Crippen molar-refractivity contribution < 1.29 is 14.0 Å². The highest BCUT2D eigenvalue weighted by Crippen LogP contribution is 2.23. The van der Waals surface area contributed by atoms with Crippen LogP contribution in [0.3, 0.4) is 0 Å². The van der Waals surface area contributed by atoms with Crippen LogP contribution in [-0.2, 0) is 11.3 Å². The second kappa shape index (κ2) is 10.5. The molecule has 0 bridgehead atoms. The molecule has 34 heavy (non-hydrogen) atoms. The second-order valence-electron chi connectivity index (χ2n) is 8.10. The van der Waals surface area contributed by atoms with Crippen molar-refractivity contribution in [2.24, 2.45) is 5.92 Å². The predicted octanol–water partition coefficient (Wildman–Crippen LogP) is 3.98. The van der Waals surface area contributed by atoms with Crippen LogP contribution >= 0.6 is 11.6 Å². The number of pyridine rings is 1. The molecule has 0 aliphatic carbocycles. The van der Waals surface area contributed by atoms with Crippen LogP contribution in [0.15, 0.2) is 48.8 Å². The molecule has 7 nitrogen and oxygen atoms in total. The van der Waals surface area contributed by atoms with Gasteiger partial charge in [0.05, 0.1) is 11.2 Å². The van der Waals surface area contributed by atoms with E-state index >= 15 is 0 Å². The zero-order valence-electron chi connectivity index (χ0n) is 18.6. The first-order chi connectivity index (χ1) is 16.4. The lowest BCUT2D eigenvalue weighted by Gasteiger charge is -2.31. The van der Waals surface area contributed by atoms with E-state index in [1.54, 1.807) is 6.92 Å². The van der Waals surface area contributed by atoms with Gasteiger partial charge in [0, 0.05) is 43.9 Å². The molecule has 1 aliphatic heterocycles. The highest BCUT2D eigenvalue weighted by Gasteiger charge is 2.25. The third kappa shape index (κ3) is 5.61. The lowest BCUT2D eigenvalue weighted by Crippen LogP contribution is -2.38. The van der Waals surface area contributed by atoms with E-state index < -0.39 is 11.7 Å². The maximum atomic E-state index is 14.6. The van der Waals surface area contributed by atoms with E-state index in [4.69, 9.17) is 11.6 Å². The smallest absolute Gasteiger partial charge is 0.276 e. The average molecular weight is 480 g/mol. The average Bonchev–Trinajstić information content (AvgIpc) is 3.20. The third-order valence-corrected chi connectivity index (χ3v) is 5.98. The van der Waals surface area contributed by atoms with Gasteiger partial charge in [0.15, 0.2) is 11.6 Å². The van der Waals surface area contributed by atoms with Crippen molar-refractivity contribution in [1.29, 1.82) is 0 Å². The van der Waals surface area contributed by atoms with E-state index in [0.29, 0.717) is 25.2 Å². The van der Waals surface area contributed by atoms with Crippen molar-refractivity contribution in [1.82, 2.24) is 19.7 Å². The van der Waals surface area contributed by atoms with Gasteiger partial charge in [0.25, 0.3) is 5.91 Å². The first-order valence-electron chi connectivity index (χ1n) is 10.9. The van der Waals surface area contributed by atoms with Gasteiger partial charge in [0.2, 0.25) is 5.91 Å². The fourth-order valence-electron chi connectivity index (χ4n) is 3.83. The summed E-state index contributed by atoms with van der Waals surface area (Å²) in [6.07, 6.45) is 4.41. The number of benzene rings is 1. The van der Waals surface area contributed by atoms with Crippen LogP contribution in [0.4, 0.5) is 10.2 Å². The Morgan fingerprint density at radius 2 is 1.85 bits per heavy atom. The summed E-state index contributed by atoms with van der Waals surface area (Å²) in [7, 11) is 0. The Morgan fingerprint density at radius 3 is 2.53 bits per heavy atom. The number of aromatic nitrogens is 3. The molecule has 1 aliphatic rings. The number of nitrogens with one attached hydrogen (secondary N) is 1. The Morgan fingerprint density at radius 1 is 1.15 bits per heavy atom. The number of amides is 2. The first kappa shape index (κ1) is 23.5. The minimum atomic E-state index is -0.702. The molecule has 3 aromatic rings. The second-order valence-corrected chi connectivity index (χ2v) is 8.50. The molecule has 0 spiro atoms. The maximum Gasteiger partial charge on any atom is 0.276 e. The molecular formula is C25H23ClFN5O2. The quantitative estimate of drug-likeness (QED) is 0.574. The van der Waals surface area contributed by atoms with E-state index in [1.807, 2.05) is 35.2 Å². The van der Waals surface area contributed by atoms with Gasteiger partial charge in [0.1, 0.15) is 5.69 Å². The van der Waals surface area contributed by atoms with Crippen LogP contribution in [0.25, 0.3) is 0 Å². The molecule has 2 amide bonds. The number of nitrogens with zero attached hydrogens (tertiary/aromatic N) is 4. The minimum Gasteiger partial charge on any atom is -0.343 e. The van der Waals surface area contributed by atoms with Crippen LogP contribution in [0.1, 0.15) is 41.4 Å². The number of hydrogen-bond donors (Lipinski definition) is 1. The number of carbonyl (C=O) groups is 2. The van der Waals surface area contributed by atoms with Gasteiger partial charge in [-0.3, -0.25) is 14.3 Å². The SMILES string of the molecule is CC(=O)N1CCC(Cn2ncc(Cl)c2C(=O)Nc2ncc(C#Cc3ccccc3)cc2F)CC1. The molecule has 4 rings (SSSR count). The monoisotopic (exact) mass is 479 g/mol. The summed E-state index contributed by atoms with van der Waals surface area (Å²) in [5.74, 6) is 4.59. The van der Waals surface area contributed by atoms with Crippen molar-refractivity contribution >= 4 is 29.2 Å². The summed E-state index contributed by atoms with van der Waals surface area (Å²) in [6.45, 7) is 3.38. The molecule has 1 fully saturated rings. The van der Waals surface area contributed by atoms with Crippen molar-refractivity contribution in [2.75, 3.05) is 18.4 Å². The van der Waals surface area contributed by atoms with Crippen LogP contribution in [0.5, 0.6) is 0 Å². The summed E-state index contributed by atoms with van der Waals surface area (Å²) >= 11 is 6.22. The lowest BCUT2D eigenvalue weighted by atomic mass is 9.97. The van der Waals surface area contributed by atoms with Crippen molar-refractivity contribution in [2.45, 2.75) is 26.3 Å². The number of hydrogen-bond acceptors (Lipinski definition) is 4. The number of likely N-dealkylation sites (tertiary alicyclic amines) is 1. The lowest BCUT2D eigenvalue weighted by molar-refractivity contribution is -0.130. The molecule has 1 aromatic carbocycles. The Labute approximate surface area is 201 Å². The summed E-state index contributed by atoms with van der Waals surface area (Å²) < 4.78 is 16.2. The van der Waals surface area contributed by atoms with Crippen molar-refractivity contribution in [3.8, 4) is 11.8 Å². The number of halogens is 2. The summed E-state index contributed by atoms with van der Waals surface area (Å²) in [5, 5.41) is 6.88. The Kier molecular flexibility index (Phi) is 7.24. The molecule has 0 radical (unpaired) electrons. The van der Waals surface area contributed by atoms with Gasteiger partial charge < -0.3 is 10.2 Å². The van der Waals surface area contributed by atoms with Crippen LogP contribution < -0.4 is 5.32 Å². The molecule has 1 saturated heterocycles. The molecular weight excluding hydrogens is 457 g/mol. The van der Waals surface area contributed by atoms with Crippen molar-refractivity contribution in [3.63, 3.8) is 0 Å². The zero-order valence-corrected chi connectivity index (χ0v) is 19.3. The van der Waals surface area contributed by atoms with E-state index in [0.717, 1.165) is 18.4 Å². The van der Waals surface area contributed by atoms with E-state index in [1.165, 1.54) is 23.1 Å². The summed E-state index contributed by atoms with van der Waals surface area (Å²) in [4.78, 5) is 30.3. The van der Waals surface area contributed by atoms with Crippen molar-refractivity contribution in [3.05, 3.63) is 76.5 Å². The highest BCUT2D eigenvalue weighted by molar-refractivity contribution is 6.34. The number of anilines is 1. The van der Waals surface area contributed by atoms with E-state index in [2.05, 4.69) is 27.2 Å². The Bertz CT molecular complexity index is 1260. The topological polar surface area (TPSA) is 80.1 Å². The van der Waals surface area contributed by atoms with E-state index in [9.17, 15) is 14.0 Å². The van der Waals surface area contributed by atoms with Gasteiger partial charge in [-0.05, 0) is 37.0 Å². The number of rotatable bonds is 4. The molecule has 3 heterocycles. The van der Waals surface area contributed by atoms with Gasteiger partial charge >= 0.3 is 0 Å². The van der Waals surface area contributed by atoms with E-state index in [-0.39, 0.29) is 28.4 Å². The molecule has 0 atom stereocenters. The fraction of sp³-hybridized carbons (Fsp3) is 0.280. The molecule has 174 valence electrons. The van der Waals surface area contributed by atoms with Gasteiger partial charge in [-0.2, -0.15) is 5.10 Å². The van der Waals surface area contributed by atoms with Gasteiger partial charge in [-0.1, -0.05) is 41.6 Å². The minimum absolute atomic E-state index is 0.0623. The standard InChI is InChI=1S/C25H23ClFN5O2/c1-17(33)31-11-9-19(10-12-31)16-32-23(21(26)15-29-32)25(34)30-24-22(27)13-20(14-28-24)8-7-18-5-3-2-4-6-18/h2-6,13-15,19H,9-12,16H2,1H3,(H,28,30,34). The first-order valence-corrected chi connectivity index (χ1v) is 11.3. The Balaban J connectivity index is 1.44. The number of piperidine rings is 1. The Hall–Kier alpha value is -3.70. The molecule has 9 heteroatoms. The normalized spacial score (nSPS) is 13.8. The maximum absolute atomic E-state index is 14.6. The third-order valence-electron chi connectivity index (χ3n) is 5.70. The molecule has 2 aromatic heterocycles. The molecule has 0 saturated carbocycles.